The molecule has 3 aromatic rings. The van der Waals surface area contributed by atoms with Crippen LogP contribution in [0.5, 0.6) is 0 Å². The molecular weight excluding hydrogens is 373 g/mol. The van der Waals surface area contributed by atoms with E-state index in [1.165, 1.54) is 49.0 Å². The van der Waals surface area contributed by atoms with Crippen LogP contribution in [0.15, 0.2) is 53.8 Å². The summed E-state index contributed by atoms with van der Waals surface area (Å²) < 4.78 is 13.5. The third-order valence-corrected chi connectivity index (χ3v) is 6.69. The molecule has 1 aliphatic heterocycles. The second-order valence-corrected chi connectivity index (χ2v) is 9.62. The third-order valence-electron chi connectivity index (χ3n) is 6.69. The van der Waals surface area contributed by atoms with E-state index in [9.17, 15) is 4.39 Å². The first-order valence-electron chi connectivity index (χ1n) is 11.0. The second kappa shape index (κ2) is 7.50. The maximum Gasteiger partial charge on any atom is 0.137 e. The van der Waals surface area contributed by atoms with Gasteiger partial charge in [0.2, 0.25) is 0 Å². The summed E-state index contributed by atoms with van der Waals surface area (Å²) in [5.41, 5.74) is 5.76. The third kappa shape index (κ3) is 3.60. The summed E-state index contributed by atoms with van der Waals surface area (Å²) in [7, 11) is 0. The van der Waals surface area contributed by atoms with Gasteiger partial charge in [0, 0.05) is 35.5 Å². The van der Waals surface area contributed by atoms with Gasteiger partial charge >= 0.3 is 0 Å². The van der Waals surface area contributed by atoms with Gasteiger partial charge in [0.1, 0.15) is 11.5 Å². The molecule has 1 N–H and O–H groups in total. The van der Waals surface area contributed by atoms with E-state index in [0.717, 1.165) is 34.6 Å². The number of allylic oxidation sites excluding steroid dienone is 1. The van der Waals surface area contributed by atoms with Crippen LogP contribution in [-0.2, 0) is 0 Å². The lowest BCUT2D eigenvalue weighted by molar-refractivity contribution is 0.0876. The van der Waals surface area contributed by atoms with E-state index in [0.29, 0.717) is 5.41 Å². The quantitative estimate of drug-likeness (QED) is 0.481. The molecule has 0 radical (unpaired) electrons. The highest BCUT2D eigenvalue weighted by molar-refractivity contribution is 6.08. The number of hydrogen-bond donors (Lipinski definition) is 1. The maximum absolute atomic E-state index is 13.5. The Bertz CT molecular complexity index is 1110. The van der Waals surface area contributed by atoms with E-state index >= 15 is 0 Å². The number of aliphatic imine (C=N–C) groups is 1. The number of aromatic nitrogens is 2. The Labute approximate surface area is 177 Å². The number of nitrogens with one attached hydrogen (secondary N) is 1. The van der Waals surface area contributed by atoms with Gasteiger partial charge in [-0.05, 0) is 78.1 Å². The largest absolute Gasteiger partial charge is 0.346 e. The highest BCUT2D eigenvalue weighted by atomic mass is 19.1. The highest BCUT2D eigenvalue weighted by Gasteiger charge is 2.35. The number of halogens is 1. The summed E-state index contributed by atoms with van der Waals surface area (Å²) in [6.45, 7) is 4.74. The molecule has 1 atom stereocenters. The minimum Gasteiger partial charge on any atom is -0.346 e. The van der Waals surface area contributed by atoms with Crippen molar-refractivity contribution in [1.82, 2.24) is 9.97 Å². The van der Waals surface area contributed by atoms with Crippen LogP contribution in [0.1, 0.15) is 57.1 Å². The van der Waals surface area contributed by atoms with Crippen LogP contribution < -0.4 is 0 Å². The summed E-state index contributed by atoms with van der Waals surface area (Å²) in [5, 5.41) is 1.11. The van der Waals surface area contributed by atoms with Crippen LogP contribution >= 0.6 is 0 Å². The lowest BCUT2D eigenvalue weighted by atomic mass is 9.63. The Morgan fingerprint density at radius 3 is 2.63 bits per heavy atom. The van der Waals surface area contributed by atoms with Crippen molar-refractivity contribution < 1.29 is 4.39 Å². The summed E-state index contributed by atoms with van der Waals surface area (Å²) >= 11 is 0. The molecule has 30 heavy (non-hydrogen) atoms. The predicted molar refractivity (Wildman–Crippen MR) is 122 cm³/mol. The van der Waals surface area contributed by atoms with Crippen LogP contribution in [0.4, 0.5) is 4.39 Å². The number of benzene rings is 1. The fraction of sp³-hybridized carbons (Fsp3) is 0.385. The van der Waals surface area contributed by atoms with Crippen molar-refractivity contribution in [2.24, 2.45) is 22.2 Å². The number of pyridine rings is 1. The van der Waals surface area contributed by atoms with E-state index in [4.69, 9.17) is 4.99 Å². The van der Waals surface area contributed by atoms with Gasteiger partial charge in [-0.15, -0.1) is 0 Å². The smallest absolute Gasteiger partial charge is 0.137 e. The Morgan fingerprint density at radius 2 is 1.87 bits per heavy atom. The van der Waals surface area contributed by atoms with Gasteiger partial charge in [-0.1, -0.05) is 26.7 Å². The highest BCUT2D eigenvalue weighted by Crippen LogP contribution is 2.48. The molecule has 154 valence electrons. The molecule has 1 saturated carbocycles. The molecule has 4 heteroatoms. The molecule has 1 fully saturated rings. The first kappa shape index (κ1) is 19.2. The fourth-order valence-corrected chi connectivity index (χ4v) is 5.40. The number of H-pyrrole nitrogens is 1. The lowest BCUT2D eigenvalue weighted by Crippen LogP contribution is -2.31. The zero-order valence-electron chi connectivity index (χ0n) is 17.7. The van der Waals surface area contributed by atoms with Crippen molar-refractivity contribution in [1.29, 1.82) is 0 Å². The SMILES string of the molecule is CC1(C)CC(CCCC2C=NC(c3ccc(F)cc3)=C2c2ccnc3[nH]ccc23)C1. The van der Waals surface area contributed by atoms with Gasteiger partial charge in [-0.3, -0.25) is 4.99 Å². The Morgan fingerprint density at radius 1 is 1.07 bits per heavy atom. The van der Waals surface area contributed by atoms with Crippen LogP contribution in [-0.4, -0.2) is 16.2 Å². The van der Waals surface area contributed by atoms with Crippen LogP contribution in [0.25, 0.3) is 22.3 Å². The molecule has 0 amide bonds. The van der Waals surface area contributed by atoms with Crippen LogP contribution in [0.3, 0.4) is 0 Å². The van der Waals surface area contributed by atoms with E-state index < -0.39 is 0 Å². The van der Waals surface area contributed by atoms with E-state index in [-0.39, 0.29) is 11.7 Å². The lowest BCUT2D eigenvalue weighted by Gasteiger charge is -2.43. The first-order valence-corrected chi connectivity index (χ1v) is 11.0. The first-order chi connectivity index (χ1) is 14.5. The van der Waals surface area contributed by atoms with Crippen molar-refractivity contribution in [2.45, 2.75) is 46.0 Å². The standard InChI is InChI=1S/C26H28FN3/c1-26(2)14-17(15-26)4-3-5-19-16-30-24(18-6-8-20(27)9-7-18)23(19)21-10-12-28-25-22(21)11-13-29-25/h6-13,16-17,19H,3-5,14-15H2,1-2H3,(H,28,29). The molecule has 0 saturated heterocycles. The summed E-state index contributed by atoms with van der Waals surface area (Å²) in [6, 6.07) is 10.9. The zero-order chi connectivity index (χ0) is 20.7. The summed E-state index contributed by atoms with van der Waals surface area (Å²) in [6.07, 6.45) is 12.2. The number of nitrogens with zero attached hydrogens (tertiary/aromatic N) is 2. The molecule has 1 unspecified atom stereocenters. The number of aromatic amines is 1. The average Bonchev–Trinajstić information content (AvgIpc) is 3.34. The molecular formula is C26H28FN3. The second-order valence-electron chi connectivity index (χ2n) is 9.62. The van der Waals surface area contributed by atoms with Crippen molar-refractivity contribution in [2.75, 3.05) is 0 Å². The van der Waals surface area contributed by atoms with Gasteiger partial charge in [0.15, 0.2) is 0 Å². The molecule has 3 nitrogen and oxygen atoms in total. The molecule has 1 aromatic carbocycles. The van der Waals surface area contributed by atoms with Gasteiger partial charge in [-0.25, -0.2) is 9.37 Å². The Kier molecular flexibility index (Phi) is 4.80. The predicted octanol–water partition coefficient (Wildman–Crippen LogP) is 6.88. The molecule has 0 bridgehead atoms. The van der Waals surface area contributed by atoms with Gasteiger partial charge in [-0.2, -0.15) is 0 Å². The Balaban J connectivity index is 1.45. The molecule has 5 rings (SSSR count). The molecule has 1 aliphatic carbocycles. The van der Waals surface area contributed by atoms with Gasteiger partial charge in [0.05, 0.1) is 5.70 Å². The molecule has 3 heterocycles. The number of fused-ring (bicyclic) bond motifs is 1. The van der Waals surface area contributed by atoms with Crippen LogP contribution in [0, 0.1) is 23.1 Å². The van der Waals surface area contributed by atoms with E-state index in [1.807, 2.05) is 24.5 Å². The number of hydrogen-bond acceptors (Lipinski definition) is 2. The van der Waals surface area contributed by atoms with Crippen molar-refractivity contribution in [3.8, 4) is 0 Å². The minimum atomic E-state index is -0.222. The van der Waals surface area contributed by atoms with Crippen LogP contribution in [0.2, 0.25) is 0 Å². The molecule has 2 aromatic heterocycles. The topological polar surface area (TPSA) is 41.0 Å². The summed E-state index contributed by atoms with van der Waals surface area (Å²) in [5.74, 6) is 0.929. The number of rotatable bonds is 6. The van der Waals surface area contributed by atoms with Crippen molar-refractivity contribution in [3.63, 3.8) is 0 Å². The van der Waals surface area contributed by atoms with Gasteiger partial charge < -0.3 is 4.98 Å². The molecule has 0 spiro atoms. The fourth-order valence-electron chi connectivity index (χ4n) is 5.40. The molecule has 2 aliphatic rings. The van der Waals surface area contributed by atoms with E-state index in [1.54, 1.807) is 0 Å². The Hall–Kier alpha value is -2.75. The van der Waals surface area contributed by atoms with Crippen molar-refractivity contribution in [3.05, 3.63) is 65.7 Å². The van der Waals surface area contributed by atoms with Crippen molar-refractivity contribution >= 4 is 28.5 Å². The minimum absolute atomic E-state index is 0.222. The summed E-state index contributed by atoms with van der Waals surface area (Å²) in [4.78, 5) is 12.5. The average molecular weight is 402 g/mol. The van der Waals surface area contributed by atoms with Gasteiger partial charge in [0.25, 0.3) is 0 Å². The maximum atomic E-state index is 13.5. The monoisotopic (exact) mass is 401 g/mol. The van der Waals surface area contributed by atoms with E-state index in [2.05, 4.69) is 42.2 Å². The zero-order valence-corrected chi connectivity index (χ0v) is 17.7. The normalized spacial score (nSPS) is 20.8.